The van der Waals surface area contributed by atoms with Crippen LogP contribution in [0.4, 0.5) is 5.69 Å². The molecule has 3 aromatic carbocycles. The Balaban J connectivity index is 1.64. The second kappa shape index (κ2) is 9.78. The number of halogens is 1. The van der Waals surface area contributed by atoms with Crippen LogP contribution in [0.25, 0.3) is 0 Å². The zero-order chi connectivity index (χ0) is 21.6. The van der Waals surface area contributed by atoms with Crippen LogP contribution in [-0.2, 0) is 16.4 Å². The van der Waals surface area contributed by atoms with E-state index in [2.05, 4.69) is 17.4 Å². The highest BCUT2D eigenvalue weighted by Gasteiger charge is 2.22. The number of carbonyl (C=O) groups excluding carboxylic acids is 1. The van der Waals surface area contributed by atoms with Crippen LogP contribution in [0.1, 0.15) is 22.3 Å². The van der Waals surface area contributed by atoms with Gasteiger partial charge in [-0.25, -0.2) is 8.42 Å². The van der Waals surface area contributed by atoms with Crippen LogP contribution in [-0.4, -0.2) is 27.9 Å². The zero-order valence-electron chi connectivity index (χ0n) is 16.6. The Kier molecular flexibility index (Phi) is 7.13. The topological polar surface area (TPSA) is 66.5 Å². The minimum absolute atomic E-state index is 0.130. The lowest BCUT2D eigenvalue weighted by atomic mass is 10.1. The number of hydrogen-bond donors (Lipinski definition) is 1. The van der Waals surface area contributed by atoms with Gasteiger partial charge in [-0.2, -0.15) is 0 Å². The molecule has 1 N–H and O–H groups in total. The largest absolute Gasteiger partial charge is 0.352 e. The van der Waals surface area contributed by atoms with Crippen LogP contribution in [0.5, 0.6) is 0 Å². The van der Waals surface area contributed by atoms with Crippen molar-refractivity contribution in [3.8, 4) is 0 Å². The summed E-state index contributed by atoms with van der Waals surface area (Å²) >= 11 is 5.85. The van der Waals surface area contributed by atoms with Gasteiger partial charge in [0.25, 0.3) is 15.9 Å². The molecule has 0 spiro atoms. The van der Waals surface area contributed by atoms with Crippen molar-refractivity contribution in [2.24, 2.45) is 0 Å². The molecular weight excluding hydrogens is 420 g/mol. The van der Waals surface area contributed by atoms with E-state index in [1.807, 2.05) is 18.2 Å². The molecule has 0 unspecified atom stereocenters. The van der Waals surface area contributed by atoms with E-state index in [1.54, 1.807) is 24.3 Å². The van der Waals surface area contributed by atoms with Gasteiger partial charge in [0.2, 0.25) is 0 Å². The van der Waals surface area contributed by atoms with Gasteiger partial charge in [-0.15, -0.1) is 0 Å². The van der Waals surface area contributed by atoms with Crippen molar-refractivity contribution >= 4 is 33.2 Å². The van der Waals surface area contributed by atoms with Crippen LogP contribution in [0, 0.1) is 0 Å². The van der Waals surface area contributed by atoms with E-state index in [-0.39, 0.29) is 10.8 Å². The Bertz CT molecular complexity index is 1100. The SMILES string of the molecule is CN(c1cccc(C(=O)NCCCc2ccccc2)c1)S(=O)(=O)c1ccc(Cl)cc1. The second-order valence-electron chi connectivity index (χ2n) is 6.82. The molecule has 30 heavy (non-hydrogen) atoms. The normalized spacial score (nSPS) is 11.1. The van der Waals surface area contributed by atoms with Gasteiger partial charge in [-0.1, -0.05) is 48.0 Å². The number of anilines is 1. The smallest absolute Gasteiger partial charge is 0.264 e. The lowest BCUT2D eigenvalue weighted by molar-refractivity contribution is 0.0953. The number of sulfonamides is 1. The maximum Gasteiger partial charge on any atom is 0.264 e. The van der Waals surface area contributed by atoms with E-state index in [1.165, 1.54) is 36.9 Å². The highest BCUT2D eigenvalue weighted by Crippen LogP contribution is 2.24. The molecule has 0 aliphatic carbocycles. The maximum atomic E-state index is 12.9. The summed E-state index contributed by atoms with van der Waals surface area (Å²) in [6, 6.07) is 22.6. The minimum Gasteiger partial charge on any atom is -0.352 e. The highest BCUT2D eigenvalue weighted by atomic mass is 35.5. The number of hydrogen-bond acceptors (Lipinski definition) is 3. The zero-order valence-corrected chi connectivity index (χ0v) is 18.2. The van der Waals surface area contributed by atoms with E-state index in [0.717, 1.165) is 17.1 Å². The first kappa shape index (κ1) is 21.9. The molecule has 0 aliphatic rings. The molecule has 0 atom stereocenters. The van der Waals surface area contributed by atoms with Gasteiger partial charge < -0.3 is 5.32 Å². The van der Waals surface area contributed by atoms with Gasteiger partial charge in [0.1, 0.15) is 0 Å². The fraction of sp³-hybridized carbons (Fsp3) is 0.174. The molecule has 3 rings (SSSR count). The molecule has 0 heterocycles. The first-order valence-electron chi connectivity index (χ1n) is 9.54. The Morgan fingerprint density at radius 1 is 0.967 bits per heavy atom. The highest BCUT2D eigenvalue weighted by molar-refractivity contribution is 7.92. The van der Waals surface area contributed by atoms with Gasteiger partial charge in [0, 0.05) is 24.2 Å². The van der Waals surface area contributed by atoms with Crippen LogP contribution < -0.4 is 9.62 Å². The van der Waals surface area contributed by atoms with Crippen LogP contribution in [0.15, 0.2) is 83.8 Å². The quantitative estimate of drug-likeness (QED) is 0.521. The first-order valence-corrected chi connectivity index (χ1v) is 11.4. The summed E-state index contributed by atoms with van der Waals surface area (Å²) in [6.07, 6.45) is 1.70. The lowest BCUT2D eigenvalue weighted by Crippen LogP contribution is -2.28. The fourth-order valence-electron chi connectivity index (χ4n) is 2.99. The van der Waals surface area contributed by atoms with Crippen LogP contribution >= 0.6 is 11.6 Å². The summed E-state index contributed by atoms with van der Waals surface area (Å²) in [5.74, 6) is -0.234. The number of amides is 1. The fourth-order valence-corrected chi connectivity index (χ4v) is 4.30. The van der Waals surface area contributed by atoms with Crippen molar-refractivity contribution in [2.75, 3.05) is 17.9 Å². The average molecular weight is 443 g/mol. The maximum absolute atomic E-state index is 12.9. The van der Waals surface area contributed by atoms with Gasteiger partial charge >= 0.3 is 0 Å². The van der Waals surface area contributed by atoms with Crippen molar-refractivity contribution in [1.29, 1.82) is 0 Å². The summed E-state index contributed by atoms with van der Waals surface area (Å²) < 4.78 is 26.9. The Morgan fingerprint density at radius 3 is 2.37 bits per heavy atom. The number of aryl methyl sites for hydroxylation is 1. The van der Waals surface area contributed by atoms with Gasteiger partial charge in [0.05, 0.1) is 10.6 Å². The lowest BCUT2D eigenvalue weighted by Gasteiger charge is -2.20. The average Bonchev–Trinajstić information content (AvgIpc) is 2.77. The summed E-state index contributed by atoms with van der Waals surface area (Å²) in [4.78, 5) is 12.6. The third kappa shape index (κ3) is 5.40. The molecular formula is C23H23ClN2O3S. The number of nitrogens with zero attached hydrogens (tertiary/aromatic N) is 1. The third-order valence-electron chi connectivity index (χ3n) is 4.71. The van der Waals surface area contributed by atoms with Crippen molar-refractivity contribution in [3.05, 3.63) is 95.0 Å². The van der Waals surface area contributed by atoms with E-state index in [9.17, 15) is 13.2 Å². The van der Waals surface area contributed by atoms with Crippen molar-refractivity contribution in [2.45, 2.75) is 17.7 Å². The molecule has 0 saturated heterocycles. The van der Waals surface area contributed by atoms with Crippen LogP contribution in [0.3, 0.4) is 0 Å². The predicted octanol–water partition coefficient (Wildman–Crippen LogP) is 4.53. The van der Waals surface area contributed by atoms with Crippen molar-refractivity contribution in [3.63, 3.8) is 0 Å². The molecule has 7 heteroatoms. The molecule has 0 fully saturated rings. The molecule has 0 radical (unpaired) electrons. The van der Waals surface area contributed by atoms with E-state index in [0.29, 0.717) is 22.8 Å². The Labute approximate surface area is 182 Å². The van der Waals surface area contributed by atoms with E-state index in [4.69, 9.17) is 11.6 Å². The molecule has 156 valence electrons. The summed E-state index contributed by atoms with van der Waals surface area (Å²) in [5, 5.41) is 3.35. The standard InChI is InChI=1S/C23H23ClN2O3S/c1-26(30(28,29)22-14-12-20(24)13-15-22)21-11-5-10-19(17-21)23(27)25-16-6-9-18-7-3-2-4-8-18/h2-5,7-8,10-15,17H,6,9,16H2,1H3,(H,25,27). The second-order valence-corrected chi connectivity index (χ2v) is 9.23. The summed E-state index contributed by atoms with van der Waals surface area (Å²) in [6.45, 7) is 0.539. The summed E-state index contributed by atoms with van der Waals surface area (Å²) in [5.41, 5.74) is 2.04. The minimum atomic E-state index is -3.76. The third-order valence-corrected chi connectivity index (χ3v) is 6.77. The van der Waals surface area contributed by atoms with Gasteiger partial charge in [-0.3, -0.25) is 9.10 Å². The molecule has 1 amide bonds. The number of nitrogens with one attached hydrogen (secondary N) is 1. The van der Waals surface area contributed by atoms with Crippen LogP contribution in [0.2, 0.25) is 5.02 Å². The molecule has 0 saturated carbocycles. The summed E-state index contributed by atoms with van der Waals surface area (Å²) in [7, 11) is -2.30. The van der Waals surface area contributed by atoms with Gasteiger partial charge in [0.15, 0.2) is 0 Å². The van der Waals surface area contributed by atoms with E-state index >= 15 is 0 Å². The van der Waals surface area contributed by atoms with E-state index < -0.39 is 10.0 Å². The Hall–Kier alpha value is -2.83. The number of carbonyl (C=O) groups is 1. The number of benzene rings is 3. The van der Waals surface area contributed by atoms with Crippen molar-refractivity contribution < 1.29 is 13.2 Å². The molecule has 0 aliphatic heterocycles. The molecule has 3 aromatic rings. The molecule has 0 bridgehead atoms. The molecule has 5 nitrogen and oxygen atoms in total. The predicted molar refractivity (Wildman–Crippen MR) is 121 cm³/mol. The first-order chi connectivity index (χ1) is 14.4. The number of rotatable bonds is 8. The molecule has 0 aromatic heterocycles. The monoisotopic (exact) mass is 442 g/mol. The van der Waals surface area contributed by atoms with Crippen molar-refractivity contribution in [1.82, 2.24) is 5.32 Å². The van der Waals surface area contributed by atoms with Gasteiger partial charge in [-0.05, 0) is 60.9 Å². The Morgan fingerprint density at radius 2 is 1.67 bits per heavy atom.